The SMILES string of the molecule is CC1(C)CCCC(C#N)(NCCCO)CC1. The number of nitriles is 1. The fourth-order valence-electron chi connectivity index (χ4n) is 2.41. The van der Waals surface area contributed by atoms with E-state index in [2.05, 4.69) is 25.2 Å². The lowest BCUT2D eigenvalue weighted by Crippen LogP contribution is -2.44. The third kappa shape index (κ3) is 3.77. The van der Waals surface area contributed by atoms with Gasteiger partial charge in [0.05, 0.1) is 6.07 Å². The van der Waals surface area contributed by atoms with Crippen molar-refractivity contribution in [3.05, 3.63) is 0 Å². The van der Waals surface area contributed by atoms with E-state index < -0.39 is 0 Å². The smallest absolute Gasteiger partial charge is 0.106 e. The van der Waals surface area contributed by atoms with Crippen LogP contribution in [0, 0.1) is 16.7 Å². The molecule has 0 aromatic heterocycles. The molecule has 0 aromatic carbocycles. The van der Waals surface area contributed by atoms with Gasteiger partial charge in [0, 0.05) is 6.61 Å². The van der Waals surface area contributed by atoms with Crippen LogP contribution in [0.25, 0.3) is 0 Å². The Morgan fingerprint density at radius 3 is 2.62 bits per heavy atom. The highest BCUT2D eigenvalue weighted by atomic mass is 16.3. The Hall–Kier alpha value is -0.590. The largest absolute Gasteiger partial charge is 0.396 e. The summed E-state index contributed by atoms with van der Waals surface area (Å²) in [4.78, 5) is 0. The van der Waals surface area contributed by atoms with Gasteiger partial charge in [0.15, 0.2) is 0 Å². The van der Waals surface area contributed by atoms with Gasteiger partial charge in [0.25, 0.3) is 0 Å². The highest BCUT2D eigenvalue weighted by Crippen LogP contribution is 2.37. The lowest BCUT2D eigenvalue weighted by Gasteiger charge is -2.27. The summed E-state index contributed by atoms with van der Waals surface area (Å²) in [6, 6.07) is 2.46. The first kappa shape index (κ1) is 13.5. The maximum Gasteiger partial charge on any atom is 0.106 e. The number of aliphatic hydroxyl groups is 1. The van der Waals surface area contributed by atoms with Crippen molar-refractivity contribution < 1.29 is 5.11 Å². The van der Waals surface area contributed by atoms with Crippen LogP contribution in [0.15, 0.2) is 0 Å². The molecular formula is C13H24N2O. The minimum Gasteiger partial charge on any atom is -0.396 e. The zero-order valence-electron chi connectivity index (χ0n) is 10.6. The molecule has 0 heterocycles. The van der Waals surface area contributed by atoms with Crippen molar-refractivity contribution in [2.75, 3.05) is 13.2 Å². The molecule has 0 spiro atoms. The summed E-state index contributed by atoms with van der Waals surface area (Å²) in [7, 11) is 0. The zero-order chi connectivity index (χ0) is 12.1. The second-order valence-corrected chi connectivity index (χ2v) is 5.72. The number of nitrogens with one attached hydrogen (secondary N) is 1. The second-order valence-electron chi connectivity index (χ2n) is 5.72. The van der Waals surface area contributed by atoms with E-state index in [9.17, 15) is 5.26 Å². The van der Waals surface area contributed by atoms with Gasteiger partial charge in [-0.15, -0.1) is 0 Å². The number of hydrogen-bond donors (Lipinski definition) is 2. The third-order valence-electron chi connectivity index (χ3n) is 3.70. The molecule has 0 aliphatic heterocycles. The monoisotopic (exact) mass is 224 g/mol. The summed E-state index contributed by atoms with van der Waals surface area (Å²) < 4.78 is 0. The Balaban J connectivity index is 2.56. The molecule has 92 valence electrons. The van der Waals surface area contributed by atoms with Gasteiger partial charge >= 0.3 is 0 Å². The Morgan fingerprint density at radius 1 is 1.25 bits per heavy atom. The van der Waals surface area contributed by atoms with Crippen LogP contribution in [-0.4, -0.2) is 23.8 Å². The van der Waals surface area contributed by atoms with Crippen LogP contribution >= 0.6 is 0 Å². The minimum absolute atomic E-state index is 0.194. The van der Waals surface area contributed by atoms with Crippen LogP contribution in [-0.2, 0) is 0 Å². The van der Waals surface area contributed by atoms with Crippen LogP contribution in [0.1, 0.15) is 52.4 Å². The molecule has 1 aliphatic rings. The molecule has 3 heteroatoms. The molecule has 1 atom stereocenters. The van der Waals surface area contributed by atoms with E-state index in [1.54, 1.807) is 0 Å². The summed E-state index contributed by atoms with van der Waals surface area (Å²) in [5.74, 6) is 0. The first-order chi connectivity index (χ1) is 7.54. The molecule has 0 saturated heterocycles. The molecule has 0 bridgehead atoms. The molecule has 1 rings (SSSR count). The maximum atomic E-state index is 9.36. The van der Waals surface area contributed by atoms with Crippen molar-refractivity contribution in [1.29, 1.82) is 5.26 Å². The van der Waals surface area contributed by atoms with Crippen molar-refractivity contribution in [3.63, 3.8) is 0 Å². The highest BCUT2D eigenvalue weighted by molar-refractivity contribution is 5.08. The van der Waals surface area contributed by atoms with Crippen molar-refractivity contribution in [3.8, 4) is 6.07 Å². The van der Waals surface area contributed by atoms with Crippen molar-refractivity contribution >= 4 is 0 Å². The number of hydrogen-bond acceptors (Lipinski definition) is 3. The van der Waals surface area contributed by atoms with Crippen molar-refractivity contribution in [1.82, 2.24) is 5.32 Å². The summed E-state index contributed by atoms with van der Waals surface area (Å²) in [6.45, 7) is 5.51. The predicted octanol–water partition coefficient (Wildman–Crippen LogP) is 2.21. The van der Waals surface area contributed by atoms with Crippen molar-refractivity contribution in [2.24, 2.45) is 5.41 Å². The van der Waals surface area contributed by atoms with Gasteiger partial charge in [0.2, 0.25) is 0 Å². The fraction of sp³-hybridized carbons (Fsp3) is 0.923. The number of aliphatic hydroxyl groups excluding tert-OH is 1. The van der Waals surface area contributed by atoms with E-state index >= 15 is 0 Å². The van der Waals surface area contributed by atoms with Gasteiger partial charge in [-0.3, -0.25) is 5.32 Å². The zero-order valence-corrected chi connectivity index (χ0v) is 10.6. The van der Waals surface area contributed by atoms with Crippen LogP contribution in [0.4, 0.5) is 0 Å². The molecule has 1 saturated carbocycles. The molecule has 2 N–H and O–H groups in total. The Bertz CT molecular complexity index is 257. The van der Waals surface area contributed by atoms with Gasteiger partial charge in [-0.25, -0.2) is 0 Å². The molecular weight excluding hydrogens is 200 g/mol. The highest BCUT2D eigenvalue weighted by Gasteiger charge is 2.35. The first-order valence-electron chi connectivity index (χ1n) is 6.31. The van der Waals surface area contributed by atoms with Gasteiger partial charge in [-0.1, -0.05) is 20.3 Å². The second kappa shape index (κ2) is 5.65. The van der Waals surface area contributed by atoms with E-state index in [0.717, 1.165) is 38.6 Å². The Labute approximate surface area is 98.8 Å². The molecule has 1 fully saturated rings. The van der Waals surface area contributed by atoms with Crippen LogP contribution in [0.3, 0.4) is 0 Å². The average molecular weight is 224 g/mol. The molecule has 0 amide bonds. The van der Waals surface area contributed by atoms with Crippen LogP contribution in [0.2, 0.25) is 0 Å². The van der Waals surface area contributed by atoms with E-state index in [1.807, 2.05) is 0 Å². The molecule has 1 unspecified atom stereocenters. The van der Waals surface area contributed by atoms with Crippen LogP contribution in [0.5, 0.6) is 0 Å². The fourth-order valence-corrected chi connectivity index (χ4v) is 2.41. The van der Waals surface area contributed by atoms with Gasteiger partial charge in [-0.2, -0.15) is 5.26 Å². The average Bonchev–Trinajstić information content (AvgIpc) is 2.39. The lowest BCUT2D eigenvalue weighted by atomic mass is 9.84. The van der Waals surface area contributed by atoms with E-state index in [4.69, 9.17) is 5.11 Å². The molecule has 0 radical (unpaired) electrons. The predicted molar refractivity (Wildman–Crippen MR) is 64.9 cm³/mol. The quantitative estimate of drug-likeness (QED) is 0.568. The first-order valence-corrected chi connectivity index (χ1v) is 6.31. The molecule has 0 aromatic rings. The summed E-state index contributed by atoms with van der Waals surface area (Å²) in [5.41, 5.74) is 0.0280. The standard InChI is InChI=1S/C13H24N2O/c1-12(2)5-3-6-13(11-14,8-7-12)15-9-4-10-16/h15-16H,3-10H2,1-2H3. The molecule has 16 heavy (non-hydrogen) atoms. The van der Waals surface area contributed by atoms with Gasteiger partial charge < -0.3 is 5.11 Å². The van der Waals surface area contributed by atoms with Crippen molar-refractivity contribution in [2.45, 2.75) is 57.9 Å². The van der Waals surface area contributed by atoms with Crippen LogP contribution < -0.4 is 5.32 Å². The van der Waals surface area contributed by atoms with E-state index in [-0.39, 0.29) is 12.1 Å². The van der Waals surface area contributed by atoms with E-state index in [0.29, 0.717) is 5.41 Å². The normalized spacial score (nSPS) is 29.4. The Kier molecular flexibility index (Phi) is 4.76. The topological polar surface area (TPSA) is 56.0 Å². The minimum atomic E-state index is -0.344. The van der Waals surface area contributed by atoms with Gasteiger partial charge in [0.1, 0.15) is 5.54 Å². The summed E-state index contributed by atoms with van der Waals surface area (Å²) in [6.07, 6.45) is 6.03. The summed E-state index contributed by atoms with van der Waals surface area (Å²) in [5, 5.41) is 21.5. The maximum absolute atomic E-state index is 9.36. The molecule has 3 nitrogen and oxygen atoms in total. The number of rotatable bonds is 4. The lowest BCUT2D eigenvalue weighted by molar-refractivity contribution is 0.268. The third-order valence-corrected chi connectivity index (χ3v) is 3.70. The summed E-state index contributed by atoms with van der Waals surface area (Å²) >= 11 is 0. The van der Waals surface area contributed by atoms with E-state index in [1.165, 1.54) is 6.42 Å². The Morgan fingerprint density at radius 2 is 2.00 bits per heavy atom. The van der Waals surface area contributed by atoms with Gasteiger partial charge in [-0.05, 0) is 44.1 Å². The molecule has 1 aliphatic carbocycles. The number of nitrogens with zero attached hydrogens (tertiary/aromatic N) is 1.